The first-order valence-electron chi connectivity index (χ1n) is 1.70. The van der Waals surface area contributed by atoms with Gasteiger partial charge in [-0.1, -0.05) is 0 Å². The Labute approximate surface area is 71.6 Å². The minimum Gasteiger partial charge on any atom is -0.480 e. The fraction of sp³-hybridized carbons (Fsp3) is 0.667. The maximum atomic E-state index is 9.81. The van der Waals surface area contributed by atoms with Crippen LogP contribution < -0.4 is 0 Å². The van der Waals surface area contributed by atoms with E-state index in [1.54, 1.807) is 0 Å². The maximum Gasteiger partial charge on any atom is 0.317 e. The number of carboxylic acid groups (broad SMARTS) is 1. The number of hydrogen-bond donors (Lipinski definition) is 3. The van der Waals surface area contributed by atoms with E-state index < -0.39 is 11.2 Å². The summed E-state index contributed by atoms with van der Waals surface area (Å²) in [5.41, 5.74) is 0. The second-order valence-corrected chi connectivity index (χ2v) is 2.03. The zero-order chi connectivity index (χ0) is 5.86. The molecule has 0 spiro atoms. The average molecular weight is 204 g/mol. The average Bonchev–Trinajstić information content (AvgIpc) is 1.65. The van der Waals surface area contributed by atoms with Gasteiger partial charge in [0.2, 0.25) is 0 Å². The van der Waals surface area contributed by atoms with E-state index in [9.17, 15) is 4.79 Å². The molecule has 2 nitrogen and oxygen atoms in total. The first-order chi connectivity index (χ1) is 3.18. The molecule has 1 atom stereocenters. The molecule has 1 unspecified atom stereocenters. The second kappa shape index (κ2) is 5.92. The van der Waals surface area contributed by atoms with Crippen molar-refractivity contribution in [1.29, 1.82) is 0 Å². The van der Waals surface area contributed by atoms with Crippen LogP contribution in [0.25, 0.3) is 0 Å². The number of hydrogen-bond acceptors (Lipinski definition) is 3. The molecule has 8 heavy (non-hydrogen) atoms. The van der Waals surface area contributed by atoms with E-state index in [1.165, 1.54) is 0 Å². The molecule has 0 saturated heterocycles. The van der Waals surface area contributed by atoms with Crippen molar-refractivity contribution in [2.45, 2.75) is 5.25 Å². The van der Waals surface area contributed by atoms with Crippen molar-refractivity contribution < 1.29 is 29.4 Å². The summed E-state index contributed by atoms with van der Waals surface area (Å²) in [5, 5.41) is 7.43. The Hall–Kier alpha value is 0.793. The number of carbonyl (C=O) groups is 1. The predicted molar refractivity (Wildman–Crippen MR) is 34.3 cm³/mol. The van der Waals surface area contributed by atoms with Gasteiger partial charge < -0.3 is 5.11 Å². The van der Waals surface area contributed by atoms with Crippen molar-refractivity contribution in [2.75, 3.05) is 5.75 Å². The van der Waals surface area contributed by atoms with E-state index >= 15 is 0 Å². The molecule has 44 valence electrons. The van der Waals surface area contributed by atoms with Crippen molar-refractivity contribution in [2.24, 2.45) is 0 Å². The van der Waals surface area contributed by atoms with E-state index in [-0.39, 0.29) is 25.2 Å². The van der Waals surface area contributed by atoms with Gasteiger partial charge in [0.05, 0.1) is 0 Å². The minimum atomic E-state index is -0.918. The van der Waals surface area contributed by atoms with Gasteiger partial charge in [0, 0.05) is 25.2 Å². The number of rotatable bonds is 2. The molecular weight excluding hydrogens is 198 g/mol. The van der Waals surface area contributed by atoms with Crippen LogP contribution in [0.1, 0.15) is 0 Å². The molecule has 0 aromatic heterocycles. The SMILES string of the molecule is O=C(O)C(S)CS.[Zn]. The van der Waals surface area contributed by atoms with E-state index in [0.29, 0.717) is 0 Å². The standard InChI is InChI=1S/C3H6O2S2.Zn/c4-3(5)2(7)1-6;/h2,6-7H,1H2,(H,4,5);. The third-order valence-corrected chi connectivity index (χ3v) is 1.51. The molecule has 0 amide bonds. The quantitative estimate of drug-likeness (QED) is 0.446. The molecule has 0 saturated carbocycles. The van der Waals surface area contributed by atoms with Crippen molar-refractivity contribution in [3.8, 4) is 0 Å². The van der Waals surface area contributed by atoms with Crippen molar-refractivity contribution in [1.82, 2.24) is 0 Å². The van der Waals surface area contributed by atoms with Gasteiger partial charge in [-0.3, -0.25) is 4.79 Å². The Bertz CT molecular complexity index is 77.7. The summed E-state index contributed by atoms with van der Waals surface area (Å²) in [6, 6.07) is 0. The third kappa shape index (κ3) is 4.94. The van der Waals surface area contributed by atoms with Crippen molar-refractivity contribution in [3.63, 3.8) is 0 Å². The summed E-state index contributed by atoms with van der Waals surface area (Å²) < 4.78 is 0. The van der Waals surface area contributed by atoms with Crippen LogP contribution in [0.2, 0.25) is 0 Å². The molecule has 0 aliphatic carbocycles. The topological polar surface area (TPSA) is 37.3 Å². The van der Waals surface area contributed by atoms with Gasteiger partial charge >= 0.3 is 5.97 Å². The Morgan fingerprint density at radius 1 is 1.75 bits per heavy atom. The zero-order valence-corrected chi connectivity index (χ0v) is 9.00. The van der Waals surface area contributed by atoms with Crippen LogP contribution >= 0.6 is 25.3 Å². The van der Waals surface area contributed by atoms with Crippen molar-refractivity contribution >= 4 is 31.2 Å². The molecule has 0 bridgehead atoms. The Morgan fingerprint density at radius 2 is 2.12 bits per heavy atom. The van der Waals surface area contributed by atoms with Gasteiger partial charge in [-0.15, -0.1) is 0 Å². The summed E-state index contributed by atoms with van der Waals surface area (Å²) >= 11 is 7.35. The van der Waals surface area contributed by atoms with Crippen LogP contribution in [0, 0.1) is 0 Å². The summed E-state index contributed by atoms with van der Waals surface area (Å²) in [6.07, 6.45) is 0. The van der Waals surface area contributed by atoms with Gasteiger partial charge in [0.25, 0.3) is 0 Å². The predicted octanol–water partition coefficient (Wildman–Crippen LogP) is 0.297. The number of aliphatic carboxylic acids is 1. The molecule has 5 heteroatoms. The summed E-state index contributed by atoms with van der Waals surface area (Å²) in [7, 11) is 0. The van der Waals surface area contributed by atoms with Crippen molar-refractivity contribution in [3.05, 3.63) is 0 Å². The van der Waals surface area contributed by atoms with Crippen LogP contribution in [0.4, 0.5) is 0 Å². The summed E-state index contributed by atoms with van der Waals surface area (Å²) in [4.78, 5) is 9.81. The second-order valence-electron chi connectivity index (χ2n) is 1.04. The molecule has 0 aromatic carbocycles. The van der Waals surface area contributed by atoms with Crippen LogP contribution in [0.15, 0.2) is 0 Å². The van der Waals surface area contributed by atoms with Crippen LogP contribution in [0.3, 0.4) is 0 Å². The van der Waals surface area contributed by atoms with Gasteiger partial charge in [0.1, 0.15) is 5.25 Å². The summed E-state index contributed by atoms with van der Waals surface area (Å²) in [5.74, 6) is -0.642. The molecule has 0 radical (unpaired) electrons. The molecule has 0 rings (SSSR count). The first-order valence-corrected chi connectivity index (χ1v) is 2.85. The van der Waals surface area contributed by atoms with E-state index in [0.717, 1.165) is 0 Å². The Kier molecular flexibility index (Phi) is 8.57. The monoisotopic (exact) mass is 202 g/mol. The zero-order valence-electron chi connectivity index (χ0n) is 4.24. The smallest absolute Gasteiger partial charge is 0.317 e. The molecular formula is C3H6O2S2Zn. The normalized spacial score (nSPS) is 11.8. The molecule has 0 heterocycles. The van der Waals surface area contributed by atoms with Crippen LogP contribution in [-0.4, -0.2) is 22.1 Å². The fourth-order valence-corrected chi connectivity index (χ4v) is 0.234. The van der Waals surface area contributed by atoms with Gasteiger partial charge in [-0.05, 0) is 0 Å². The Morgan fingerprint density at radius 3 is 2.12 bits per heavy atom. The van der Waals surface area contributed by atoms with E-state index in [1.807, 2.05) is 0 Å². The minimum absolute atomic E-state index is 0. The maximum absolute atomic E-state index is 9.81. The Balaban J connectivity index is 0. The molecule has 1 N–H and O–H groups in total. The largest absolute Gasteiger partial charge is 0.480 e. The van der Waals surface area contributed by atoms with E-state index in [4.69, 9.17) is 5.11 Å². The first kappa shape index (κ1) is 11.6. The van der Waals surface area contributed by atoms with Crippen LogP contribution in [-0.2, 0) is 24.3 Å². The molecule has 0 aliphatic heterocycles. The number of carboxylic acids is 1. The molecule has 0 fully saturated rings. The van der Waals surface area contributed by atoms with Crippen LogP contribution in [0.5, 0.6) is 0 Å². The third-order valence-electron chi connectivity index (χ3n) is 0.458. The summed E-state index contributed by atoms with van der Waals surface area (Å²) in [6.45, 7) is 0. The van der Waals surface area contributed by atoms with Gasteiger partial charge in [-0.25, -0.2) is 0 Å². The molecule has 0 aromatic rings. The number of thiol groups is 2. The molecule has 0 aliphatic rings. The van der Waals surface area contributed by atoms with Gasteiger partial charge in [-0.2, -0.15) is 25.3 Å². The van der Waals surface area contributed by atoms with E-state index in [2.05, 4.69) is 25.3 Å². The fourth-order valence-electron chi connectivity index (χ4n) is 0.0781. The van der Waals surface area contributed by atoms with Gasteiger partial charge in [0.15, 0.2) is 0 Å².